The number of benzene rings is 3. The van der Waals surface area contributed by atoms with Gasteiger partial charge in [0.2, 0.25) is 0 Å². The molecular formula is C39H42F3IN2O9S. The number of aryl methyl sites for hydroxylation is 4. The molecule has 5 rings (SSSR count). The first-order chi connectivity index (χ1) is 25.9. The second kappa shape index (κ2) is 19.4. The molecule has 2 aliphatic heterocycles. The summed E-state index contributed by atoms with van der Waals surface area (Å²) in [5.74, 6) is -1.46. The zero-order chi connectivity index (χ0) is 40.3. The van der Waals surface area contributed by atoms with Crippen LogP contribution in [0.1, 0.15) is 73.6 Å². The van der Waals surface area contributed by atoms with Gasteiger partial charge in [0, 0.05) is 12.8 Å². The van der Waals surface area contributed by atoms with E-state index in [9.17, 15) is 40.8 Å². The summed E-state index contributed by atoms with van der Waals surface area (Å²) in [7, 11) is -5.77. The monoisotopic (exact) mass is 898 g/mol. The number of carbonyl (C=O) groups excluding carboxylic acids is 4. The predicted molar refractivity (Wildman–Crippen MR) is 205 cm³/mol. The number of hydrogen-bond donors (Lipinski definition) is 0. The van der Waals surface area contributed by atoms with Crippen LogP contribution in [0, 0.1) is 21.0 Å². The Morgan fingerprint density at radius 2 is 1.04 bits per heavy atom. The molecule has 0 unspecified atom stereocenters. The average Bonchev–Trinajstić information content (AvgIpc) is 3.62. The van der Waals surface area contributed by atoms with Gasteiger partial charge < -0.3 is 4.84 Å². The van der Waals surface area contributed by atoms with Gasteiger partial charge in [0.05, 0.1) is 5.70 Å². The van der Waals surface area contributed by atoms with Crippen LogP contribution in [-0.4, -0.2) is 47.8 Å². The summed E-state index contributed by atoms with van der Waals surface area (Å²) in [5.41, 5.74) is -0.446. The molecule has 16 heteroatoms. The van der Waals surface area contributed by atoms with Crippen LogP contribution in [0.15, 0.2) is 97.3 Å². The van der Waals surface area contributed by atoms with Gasteiger partial charge in [-0.2, -0.15) is 0 Å². The molecule has 2 aliphatic rings. The quantitative estimate of drug-likeness (QED) is 0.116. The van der Waals surface area contributed by atoms with Gasteiger partial charge in [-0.25, -0.2) is 4.79 Å². The zero-order valence-electron chi connectivity index (χ0n) is 30.4. The number of carbonyl (C=O) groups is 4. The molecule has 0 aliphatic carbocycles. The number of allylic oxidation sites excluding steroid dienone is 2. The van der Waals surface area contributed by atoms with Crippen LogP contribution < -0.4 is 0 Å². The van der Waals surface area contributed by atoms with Crippen molar-refractivity contribution in [2.24, 2.45) is 0 Å². The number of halogens is 4. The number of alkyl halides is 3. The molecule has 0 aromatic heterocycles. The number of amides is 2. The molecule has 0 atom stereocenters. The van der Waals surface area contributed by atoms with E-state index in [1.54, 1.807) is 55.5 Å². The second-order valence-corrected chi connectivity index (χ2v) is 19.2. The molecule has 0 N–H and O–H groups in total. The summed E-state index contributed by atoms with van der Waals surface area (Å²) in [4.78, 5) is 56.8. The molecule has 0 saturated carbocycles. The van der Waals surface area contributed by atoms with Crippen molar-refractivity contribution in [1.29, 1.82) is 0 Å². The first kappa shape index (κ1) is 43.2. The maximum atomic E-state index is 13.0. The molecule has 2 fully saturated rings. The van der Waals surface area contributed by atoms with Crippen LogP contribution in [0.4, 0.5) is 13.2 Å². The van der Waals surface area contributed by atoms with Crippen LogP contribution in [0.3, 0.4) is 0 Å². The van der Waals surface area contributed by atoms with Gasteiger partial charge in [-0.05, 0) is 31.7 Å². The molecule has 296 valence electrons. The second-order valence-electron chi connectivity index (χ2n) is 12.8. The Hall–Kier alpha value is -4.55. The fourth-order valence-corrected chi connectivity index (χ4v) is 11.6. The zero-order valence-corrected chi connectivity index (χ0v) is 33.4. The summed E-state index contributed by atoms with van der Waals surface area (Å²) in [6.07, 6.45) is 4.38. The molecule has 11 nitrogen and oxygen atoms in total. The van der Waals surface area contributed by atoms with Crippen molar-refractivity contribution in [2.45, 2.75) is 83.6 Å². The third-order valence-electron chi connectivity index (χ3n) is 8.23. The van der Waals surface area contributed by atoms with Crippen molar-refractivity contribution in [3.63, 3.8) is 0 Å². The number of nitrogens with zero attached hydrogens (tertiary/aromatic N) is 2. The van der Waals surface area contributed by atoms with Crippen molar-refractivity contribution in [3.8, 4) is 0 Å². The van der Waals surface area contributed by atoms with E-state index >= 15 is 0 Å². The molecule has 3 aromatic carbocycles. The summed E-state index contributed by atoms with van der Waals surface area (Å²) in [6, 6.07) is 21.2. The predicted octanol–water partition coefficient (Wildman–Crippen LogP) is 8.15. The molecule has 2 amide bonds. The van der Waals surface area contributed by atoms with Crippen molar-refractivity contribution in [1.82, 2.24) is 10.1 Å². The van der Waals surface area contributed by atoms with E-state index < -0.39 is 41.8 Å². The van der Waals surface area contributed by atoms with Crippen molar-refractivity contribution in [3.05, 3.63) is 127 Å². The third kappa shape index (κ3) is 12.7. The SMILES string of the molecule is C=C1CCC(=O)N1OC(=O)CCCc1ccc(C)cc1.C=C1CCC(=O)N1OC(=O)CCCc1ccc(I(OS(=O)(=O)C(F)(F)F)c2ccc(C)cc2)cc1. The molecule has 0 bridgehead atoms. The first-order valence-corrected chi connectivity index (χ1v) is 21.7. The standard InChI is InChI=1S/C23H23F3INO6S.C16H19NO3/c1-16-6-11-19(12-7-16)27(34-35(31,32)23(24,25)26)20-13-9-18(10-14-20)4-3-5-22(30)33-28-17(2)8-15-21(28)29;1-12-6-9-14(10-7-12)4-3-5-16(19)20-17-13(2)8-11-15(17)18/h6-7,9-14H,2-5,8,15H2,1H3;6-7,9-10H,2-5,8,11H2,1H3. The van der Waals surface area contributed by atoms with Crippen LogP contribution in [-0.2, 0) is 54.3 Å². The van der Waals surface area contributed by atoms with Crippen molar-refractivity contribution < 1.29 is 53.0 Å². The van der Waals surface area contributed by atoms with Crippen LogP contribution in [0.5, 0.6) is 0 Å². The normalized spacial score (nSPS) is 14.8. The summed E-state index contributed by atoms with van der Waals surface area (Å²) < 4.78 is 67.9. The Bertz CT molecular complexity index is 1950. The van der Waals surface area contributed by atoms with Gasteiger partial charge >= 0.3 is 215 Å². The fraction of sp³-hybridized carbons (Fsp3) is 0.333. The number of rotatable bonds is 14. The Balaban J connectivity index is 0.000000284. The maximum absolute atomic E-state index is 13.0. The Morgan fingerprint density at radius 1 is 0.673 bits per heavy atom. The third-order valence-corrected chi connectivity index (χ3v) is 15.3. The molecule has 2 heterocycles. The van der Waals surface area contributed by atoms with E-state index in [1.165, 1.54) is 11.1 Å². The Morgan fingerprint density at radius 3 is 1.40 bits per heavy atom. The number of hydrogen-bond acceptors (Lipinski definition) is 9. The molecule has 0 radical (unpaired) electrons. The number of hydroxylamine groups is 4. The van der Waals surface area contributed by atoms with E-state index in [0.717, 1.165) is 27.7 Å². The van der Waals surface area contributed by atoms with Crippen LogP contribution in [0.2, 0.25) is 0 Å². The van der Waals surface area contributed by atoms with E-state index in [4.69, 9.17) is 12.2 Å². The molecular weight excluding hydrogens is 856 g/mol. The van der Waals surface area contributed by atoms with Crippen molar-refractivity contribution in [2.75, 3.05) is 0 Å². The van der Waals surface area contributed by atoms with Gasteiger partial charge in [-0.1, -0.05) is 36.4 Å². The van der Waals surface area contributed by atoms with Crippen molar-refractivity contribution >= 4 is 54.1 Å². The van der Waals surface area contributed by atoms with E-state index in [1.807, 2.05) is 6.92 Å². The molecule has 2 saturated heterocycles. The minimum atomic E-state index is -5.77. The topological polar surface area (TPSA) is 137 Å². The average molecular weight is 899 g/mol. The summed E-state index contributed by atoms with van der Waals surface area (Å²) in [5, 5.41) is 1.96. The molecule has 55 heavy (non-hydrogen) atoms. The van der Waals surface area contributed by atoms with Gasteiger partial charge in [0.15, 0.2) is 0 Å². The Labute approximate surface area is 326 Å². The Kier molecular flexibility index (Phi) is 15.2. The van der Waals surface area contributed by atoms with Crippen LogP contribution >= 0.6 is 20.2 Å². The van der Waals surface area contributed by atoms with E-state index in [0.29, 0.717) is 63.5 Å². The molecule has 0 spiro atoms. The summed E-state index contributed by atoms with van der Waals surface area (Å²) in [6.45, 7) is 11.2. The van der Waals surface area contributed by atoms with Crippen LogP contribution in [0.25, 0.3) is 0 Å². The van der Waals surface area contributed by atoms with E-state index in [2.05, 4.69) is 37.4 Å². The fourth-order valence-electron chi connectivity index (χ4n) is 5.15. The van der Waals surface area contributed by atoms with Gasteiger partial charge in [0.25, 0.3) is 5.91 Å². The van der Waals surface area contributed by atoms with Gasteiger partial charge in [-0.3, -0.25) is 4.79 Å². The summed E-state index contributed by atoms with van der Waals surface area (Å²) >= 11 is -3.44. The van der Waals surface area contributed by atoms with E-state index in [-0.39, 0.29) is 30.6 Å². The van der Waals surface area contributed by atoms with Gasteiger partial charge in [0.1, 0.15) is 0 Å². The first-order valence-electron chi connectivity index (χ1n) is 17.3. The molecule has 3 aromatic rings. The van der Waals surface area contributed by atoms with Gasteiger partial charge in [-0.15, -0.1) is 5.06 Å². The minimum absolute atomic E-state index is 0.0492.